The van der Waals surface area contributed by atoms with Gasteiger partial charge in [-0.3, -0.25) is 4.79 Å². The van der Waals surface area contributed by atoms with Gasteiger partial charge in [-0.1, -0.05) is 24.3 Å². The van der Waals surface area contributed by atoms with Crippen molar-refractivity contribution in [3.8, 4) is 17.2 Å². The Morgan fingerprint density at radius 2 is 1.46 bits per heavy atom. The summed E-state index contributed by atoms with van der Waals surface area (Å²) in [6, 6.07) is 19.1. The van der Waals surface area contributed by atoms with Crippen molar-refractivity contribution in [2.45, 2.75) is 37.5 Å². The maximum Gasteiger partial charge on any atom is 0.312 e. The lowest BCUT2D eigenvalue weighted by Crippen LogP contribution is -2.26. The molecular weight excluding hydrogens is 514 g/mol. The van der Waals surface area contributed by atoms with Crippen molar-refractivity contribution >= 4 is 17.3 Å². The number of benzene rings is 3. The molecule has 1 fully saturated rings. The third-order valence-electron chi connectivity index (χ3n) is 8.56. The summed E-state index contributed by atoms with van der Waals surface area (Å²) in [4.78, 5) is 20.0. The number of ether oxygens (including phenoxy) is 3. The molecular formula is C34H43N3O4. The molecule has 0 aliphatic carbocycles. The first kappa shape index (κ1) is 28.8. The van der Waals surface area contributed by atoms with Crippen LogP contribution in [0.3, 0.4) is 0 Å². The summed E-state index contributed by atoms with van der Waals surface area (Å²) in [5.41, 5.74) is 6.32. The fourth-order valence-electron chi connectivity index (χ4n) is 6.26. The van der Waals surface area contributed by atoms with Gasteiger partial charge >= 0.3 is 5.97 Å². The molecule has 2 aliphatic heterocycles. The van der Waals surface area contributed by atoms with Gasteiger partial charge in [-0.25, -0.2) is 0 Å². The van der Waals surface area contributed by atoms with E-state index < -0.39 is 0 Å². The monoisotopic (exact) mass is 557 g/mol. The van der Waals surface area contributed by atoms with E-state index in [0.29, 0.717) is 17.2 Å². The van der Waals surface area contributed by atoms with E-state index in [9.17, 15) is 4.79 Å². The quantitative estimate of drug-likeness (QED) is 0.227. The minimum absolute atomic E-state index is 0.0240. The first-order chi connectivity index (χ1) is 19.8. The molecule has 41 heavy (non-hydrogen) atoms. The van der Waals surface area contributed by atoms with Gasteiger partial charge in [-0.2, -0.15) is 0 Å². The average molecular weight is 558 g/mol. The number of esters is 1. The molecule has 5 rings (SSSR count). The van der Waals surface area contributed by atoms with Gasteiger partial charge in [0.2, 0.25) is 0 Å². The number of hydrogen-bond donors (Lipinski definition) is 0. The lowest BCUT2D eigenvalue weighted by Gasteiger charge is -2.32. The van der Waals surface area contributed by atoms with Gasteiger partial charge in [-0.15, -0.1) is 0 Å². The summed E-state index contributed by atoms with van der Waals surface area (Å²) in [5, 5.41) is 0. The highest BCUT2D eigenvalue weighted by molar-refractivity contribution is 5.81. The van der Waals surface area contributed by atoms with Crippen LogP contribution in [0.25, 0.3) is 0 Å². The van der Waals surface area contributed by atoms with Crippen LogP contribution < -0.4 is 24.0 Å². The molecule has 2 aliphatic rings. The second kappa shape index (κ2) is 12.4. The molecule has 0 bridgehead atoms. The number of rotatable bonds is 10. The molecule has 0 aromatic heterocycles. The van der Waals surface area contributed by atoms with Gasteiger partial charge in [0.05, 0.1) is 20.6 Å². The number of carbonyl (C=O) groups is 1. The van der Waals surface area contributed by atoms with Crippen molar-refractivity contribution in [1.29, 1.82) is 0 Å². The van der Waals surface area contributed by atoms with Crippen molar-refractivity contribution in [2.75, 3.05) is 71.8 Å². The van der Waals surface area contributed by atoms with Crippen LogP contribution in [-0.4, -0.2) is 72.9 Å². The van der Waals surface area contributed by atoms with Crippen LogP contribution >= 0.6 is 0 Å². The van der Waals surface area contributed by atoms with Crippen LogP contribution in [0.1, 0.15) is 59.8 Å². The van der Waals surface area contributed by atoms with Gasteiger partial charge in [-0.05, 0) is 74.3 Å². The van der Waals surface area contributed by atoms with Crippen LogP contribution in [0, 0.1) is 0 Å². The second-order valence-electron chi connectivity index (χ2n) is 11.5. The molecule has 3 aromatic carbocycles. The van der Waals surface area contributed by atoms with Crippen molar-refractivity contribution in [2.24, 2.45) is 0 Å². The molecule has 7 heteroatoms. The van der Waals surface area contributed by atoms with Gasteiger partial charge in [0, 0.05) is 68.6 Å². The highest BCUT2D eigenvalue weighted by Gasteiger charge is 2.37. The zero-order valence-electron chi connectivity index (χ0n) is 25.3. The summed E-state index contributed by atoms with van der Waals surface area (Å²) < 4.78 is 18.1. The summed E-state index contributed by atoms with van der Waals surface area (Å²) in [6.07, 6.45) is 3.63. The average Bonchev–Trinajstić information content (AvgIpc) is 3.50. The molecule has 2 atom stereocenters. The maximum atomic E-state index is 13.3. The normalized spacial score (nSPS) is 17.5. The topological polar surface area (TPSA) is 54.5 Å². The molecule has 0 N–H and O–H groups in total. The Kier molecular flexibility index (Phi) is 8.74. The smallest absolute Gasteiger partial charge is 0.312 e. The Morgan fingerprint density at radius 1 is 0.878 bits per heavy atom. The Bertz CT molecular complexity index is 1350. The predicted octanol–water partition coefficient (Wildman–Crippen LogP) is 5.89. The van der Waals surface area contributed by atoms with Crippen LogP contribution in [0.15, 0.2) is 54.6 Å². The Morgan fingerprint density at radius 3 is 2.02 bits per heavy atom. The van der Waals surface area contributed by atoms with E-state index in [1.165, 1.54) is 18.4 Å². The molecule has 3 aromatic rings. The number of fused-ring (bicyclic) bond motifs is 1. The van der Waals surface area contributed by atoms with E-state index in [1.54, 1.807) is 14.2 Å². The number of hydrogen-bond acceptors (Lipinski definition) is 7. The lowest BCUT2D eigenvalue weighted by atomic mass is 9.80. The molecule has 0 amide bonds. The lowest BCUT2D eigenvalue weighted by molar-refractivity contribution is -0.135. The number of likely N-dealkylation sites (tertiary alicyclic amines) is 1. The van der Waals surface area contributed by atoms with Crippen molar-refractivity contribution < 1.29 is 19.0 Å². The van der Waals surface area contributed by atoms with Crippen molar-refractivity contribution in [3.05, 3.63) is 76.9 Å². The zero-order valence-corrected chi connectivity index (χ0v) is 25.3. The minimum Gasteiger partial charge on any atom is -0.496 e. The summed E-state index contributed by atoms with van der Waals surface area (Å²) in [6.45, 7) is 3.22. The van der Waals surface area contributed by atoms with Crippen molar-refractivity contribution in [1.82, 2.24) is 4.90 Å². The van der Waals surface area contributed by atoms with Crippen LogP contribution in [-0.2, 0) is 4.79 Å². The summed E-state index contributed by atoms with van der Waals surface area (Å²) in [7, 11) is 11.5. The standard InChI is InChI=1S/C34H43N3O4/c1-35(2)25-13-9-23(10-14-25)27(17-20-37-18-7-8-19-37)32-29(39-5)22-30(40-6)33-28(21-31(38)41-34(32)33)24-11-15-26(16-12-24)36(3)4/h9-16,22,27-28H,7-8,17-21H2,1-6H3. The van der Waals surface area contributed by atoms with Crippen LogP contribution in [0.5, 0.6) is 17.2 Å². The molecule has 2 unspecified atom stereocenters. The predicted molar refractivity (Wildman–Crippen MR) is 165 cm³/mol. The first-order valence-electron chi connectivity index (χ1n) is 14.6. The third-order valence-corrected chi connectivity index (χ3v) is 8.56. The highest BCUT2D eigenvalue weighted by Crippen LogP contribution is 2.53. The fraction of sp³-hybridized carbons (Fsp3) is 0.441. The highest BCUT2D eigenvalue weighted by atomic mass is 16.5. The third kappa shape index (κ3) is 6.01. The molecule has 0 saturated carbocycles. The Labute approximate surface area is 244 Å². The van der Waals surface area contributed by atoms with E-state index in [2.05, 4.69) is 63.2 Å². The van der Waals surface area contributed by atoms with E-state index in [0.717, 1.165) is 54.1 Å². The summed E-state index contributed by atoms with van der Waals surface area (Å²) in [5.74, 6) is 1.50. The second-order valence-corrected chi connectivity index (χ2v) is 11.5. The fourth-order valence-corrected chi connectivity index (χ4v) is 6.26. The zero-order chi connectivity index (χ0) is 29.1. The maximum absolute atomic E-state index is 13.3. The Hall–Kier alpha value is -3.71. The van der Waals surface area contributed by atoms with E-state index in [4.69, 9.17) is 14.2 Å². The Balaban J connectivity index is 1.66. The minimum atomic E-state index is -0.239. The number of methoxy groups -OCH3 is 2. The molecule has 7 nitrogen and oxygen atoms in total. The van der Waals surface area contributed by atoms with Gasteiger partial charge in [0.25, 0.3) is 0 Å². The number of anilines is 2. The van der Waals surface area contributed by atoms with Crippen LogP contribution in [0.2, 0.25) is 0 Å². The van der Waals surface area contributed by atoms with Crippen molar-refractivity contribution in [3.63, 3.8) is 0 Å². The van der Waals surface area contributed by atoms with E-state index >= 15 is 0 Å². The molecule has 0 radical (unpaired) electrons. The molecule has 2 heterocycles. The molecule has 218 valence electrons. The van der Waals surface area contributed by atoms with Gasteiger partial charge < -0.3 is 28.9 Å². The molecule has 0 spiro atoms. The van der Waals surface area contributed by atoms with Gasteiger partial charge in [0.15, 0.2) is 0 Å². The van der Waals surface area contributed by atoms with E-state index in [1.807, 2.05) is 34.3 Å². The number of carbonyl (C=O) groups excluding carboxylic acids is 1. The van der Waals surface area contributed by atoms with E-state index in [-0.39, 0.29) is 24.2 Å². The van der Waals surface area contributed by atoms with Gasteiger partial charge in [0.1, 0.15) is 17.2 Å². The van der Waals surface area contributed by atoms with Crippen LogP contribution in [0.4, 0.5) is 11.4 Å². The molecule has 1 saturated heterocycles. The SMILES string of the molecule is COc1cc(OC)c2c(c1C(CCN1CCCC1)c1ccc(N(C)C)cc1)OC(=O)CC2c1ccc(N(C)C)cc1. The number of nitrogens with zero attached hydrogens (tertiary/aromatic N) is 3. The summed E-state index contributed by atoms with van der Waals surface area (Å²) >= 11 is 0. The first-order valence-corrected chi connectivity index (χ1v) is 14.6. The largest absolute Gasteiger partial charge is 0.496 e.